The van der Waals surface area contributed by atoms with Crippen LogP contribution in [0.2, 0.25) is 0 Å². The lowest BCUT2D eigenvalue weighted by molar-refractivity contribution is 0.442. The highest BCUT2D eigenvalue weighted by molar-refractivity contribution is 9.10. The van der Waals surface area contributed by atoms with Gasteiger partial charge in [0.2, 0.25) is 5.96 Å². The highest BCUT2D eigenvalue weighted by Gasteiger charge is 2.13. The summed E-state index contributed by atoms with van der Waals surface area (Å²) in [5.74, 6) is 5.64. The zero-order valence-electron chi connectivity index (χ0n) is 10.6. The fraction of sp³-hybridized carbons (Fsp3) is 0.462. The molecule has 0 heterocycles. The van der Waals surface area contributed by atoms with Crippen LogP contribution in [-0.2, 0) is 0 Å². The van der Waals surface area contributed by atoms with Crippen molar-refractivity contribution in [1.82, 2.24) is 5.43 Å². The van der Waals surface area contributed by atoms with Crippen LogP contribution < -0.4 is 16.6 Å². The van der Waals surface area contributed by atoms with Gasteiger partial charge in [-0.1, -0.05) is 19.3 Å². The molecule has 104 valence electrons. The molecule has 0 atom stereocenters. The van der Waals surface area contributed by atoms with Gasteiger partial charge in [-0.05, 0) is 47.0 Å². The van der Waals surface area contributed by atoms with Crippen molar-refractivity contribution in [3.05, 3.63) is 28.5 Å². The van der Waals surface area contributed by atoms with Crippen LogP contribution in [0.5, 0.6) is 0 Å². The van der Waals surface area contributed by atoms with Gasteiger partial charge in [-0.15, -0.1) is 0 Å². The van der Waals surface area contributed by atoms with E-state index in [1.807, 2.05) is 0 Å². The van der Waals surface area contributed by atoms with Gasteiger partial charge in [-0.25, -0.2) is 15.2 Å². The molecule has 0 radical (unpaired) electrons. The first-order chi connectivity index (χ1) is 9.19. The van der Waals surface area contributed by atoms with Crippen molar-refractivity contribution in [2.24, 2.45) is 10.8 Å². The number of hydrazine groups is 1. The molecular weight excluding hydrogens is 311 g/mol. The summed E-state index contributed by atoms with van der Waals surface area (Å²) in [5.41, 5.74) is 3.14. The van der Waals surface area contributed by atoms with E-state index in [0.29, 0.717) is 17.7 Å². The Labute approximate surface area is 120 Å². The quantitative estimate of drug-likeness (QED) is 0.338. The lowest BCUT2D eigenvalue weighted by atomic mass is 9.96. The van der Waals surface area contributed by atoms with Crippen LogP contribution in [0.1, 0.15) is 32.1 Å². The number of guanidine groups is 1. The van der Waals surface area contributed by atoms with Crippen LogP contribution >= 0.6 is 15.9 Å². The molecule has 1 aliphatic rings. The highest BCUT2D eigenvalue weighted by Crippen LogP contribution is 2.24. The number of benzene rings is 1. The van der Waals surface area contributed by atoms with Gasteiger partial charge in [0.1, 0.15) is 5.82 Å². The minimum Gasteiger partial charge on any atom is -0.324 e. The molecule has 1 fully saturated rings. The van der Waals surface area contributed by atoms with E-state index in [1.165, 1.54) is 31.4 Å². The predicted octanol–water partition coefficient (Wildman–Crippen LogP) is 3.15. The smallest absolute Gasteiger partial charge is 0.210 e. The molecular formula is C13H18BrFN4. The molecule has 0 aromatic heterocycles. The molecule has 1 aromatic carbocycles. The fourth-order valence-corrected chi connectivity index (χ4v) is 2.56. The van der Waals surface area contributed by atoms with Crippen LogP contribution in [0.15, 0.2) is 27.7 Å². The minimum atomic E-state index is -0.306. The van der Waals surface area contributed by atoms with Crippen LogP contribution in [0.25, 0.3) is 0 Å². The Hall–Kier alpha value is -1.14. The van der Waals surface area contributed by atoms with E-state index in [9.17, 15) is 4.39 Å². The van der Waals surface area contributed by atoms with Crippen molar-refractivity contribution in [1.29, 1.82) is 0 Å². The summed E-state index contributed by atoms with van der Waals surface area (Å²) >= 11 is 3.36. The van der Waals surface area contributed by atoms with Gasteiger partial charge in [-0.3, -0.25) is 5.43 Å². The van der Waals surface area contributed by atoms with Crippen LogP contribution in [0.3, 0.4) is 0 Å². The van der Waals surface area contributed by atoms with E-state index in [1.54, 1.807) is 6.07 Å². The Bertz CT molecular complexity index is 458. The van der Waals surface area contributed by atoms with E-state index in [4.69, 9.17) is 5.84 Å². The van der Waals surface area contributed by atoms with E-state index < -0.39 is 0 Å². The van der Waals surface area contributed by atoms with Gasteiger partial charge in [-0.2, -0.15) is 0 Å². The second-order valence-corrected chi connectivity index (χ2v) is 5.52. The molecule has 0 unspecified atom stereocenters. The lowest BCUT2D eigenvalue weighted by Gasteiger charge is -2.19. The summed E-state index contributed by atoms with van der Waals surface area (Å²) in [6, 6.07) is 4.73. The van der Waals surface area contributed by atoms with E-state index in [-0.39, 0.29) is 5.82 Å². The third kappa shape index (κ3) is 4.18. The molecule has 19 heavy (non-hydrogen) atoms. The van der Waals surface area contributed by atoms with Gasteiger partial charge in [0.05, 0.1) is 11.7 Å². The number of hydrogen-bond donors (Lipinski definition) is 3. The summed E-state index contributed by atoms with van der Waals surface area (Å²) in [6.07, 6.45) is 5.85. The van der Waals surface area contributed by atoms with Gasteiger partial charge >= 0.3 is 0 Å². The normalized spacial score (nSPS) is 17.3. The number of hydrogen-bond acceptors (Lipinski definition) is 2. The third-order valence-electron chi connectivity index (χ3n) is 3.20. The predicted molar refractivity (Wildman–Crippen MR) is 79.4 cm³/mol. The molecule has 2 rings (SSSR count). The lowest BCUT2D eigenvalue weighted by Crippen LogP contribution is -2.37. The average Bonchev–Trinajstić information content (AvgIpc) is 2.43. The molecule has 0 spiro atoms. The zero-order valence-corrected chi connectivity index (χ0v) is 12.2. The number of rotatable bonds is 2. The average molecular weight is 329 g/mol. The maximum absolute atomic E-state index is 13.2. The van der Waals surface area contributed by atoms with Gasteiger partial charge in [0, 0.05) is 4.47 Å². The first-order valence-electron chi connectivity index (χ1n) is 6.45. The van der Waals surface area contributed by atoms with E-state index in [2.05, 4.69) is 31.7 Å². The van der Waals surface area contributed by atoms with Crippen molar-refractivity contribution >= 4 is 27.6 Å². The second-order valence-electron chi connectivity index (χ2n) is 4.66. The Kier molecular flexibility index (Phi) is 5.15. The monoisotopic (exact) mass is 328 g/mol. The van der Waals surface area contributed by atoms with Crippen LogP contribution in [0.4, 0.5) is 10.1 Å². The SMILES string of the molecule is NNC(=NC1CCCCC1)Nc1cc(F)ccc1Br. The standard InChI is InChI=1S/C13H18BrFN4/c14-11-7-6-9(15)8-12(11)18-13(19-16)17-10-4-2-1-3-5-10/h6-8,10H,1-5,16H2,(H2,17,18,19). The minimum absolute atomic E-state index is 0.291. The molecule has 1 aliphatic carbocycles. The highest BCUT2D eigenvalue weighted by atomic mass is 79.9. The number of nitrogens with one attached hydrogen (secondary N) is 2. The number of halogens is 2. The van der Waals surface area contributed by atoms with Gasteiger partial charge in [0.15, 0.2) is 0 Å². The first kappa shape index (κ1) is 14.3. The van der Waals surface area contributed by atoms with Crippen molar-refractivity contribution in [2.45, 2.75) is 38.1 Å². The summed E-state index contributed by atoms with van der Waals surface area (Å²) in [6.45, 7) is 0. The molecule has 0 bridgehead atoms. The van der Waals surface area contributed by atoms with E-state index in [0.717, 1.165) is 17.3 Å². The van der Waals surface area contributed by atoms with Crippen molar-refractivity contribution in [2.75, 3.05) is 5.32 Å². The Morgan fingerprint density at radius 2 is 2.05 bits per heavy atom. The van der Waals surface area contributed by atoms with Gasteiger partial charge < -0.3 is 5.32 Å². The molecule has 4 nitrogen and oxygen atoms in total. The summed E-state index contributed by atoms with van der Waals surface area (Å²) in [5, 5.41) is 3.01. The third-order valence-corrected chi connectivity index (χ3v) is 3.90. The van der Waals surface area contributed by atoms with Crippen molar-refractivity contribution in [3.63, 3.8) is 0 Å². The van der Waals surface area contributed by atoms with Gasteiger partial charge in [0.25, 0.3) is 0 Å². The number of aliphatic imine (C=N–C) groups is 1. The number of nitrogens with zero attached hydrogens (tertiary/aromatic N) is 1. The van der Waals surface area contributed by atoms with E-state index >= 15 is 0 Å². The van der Waals surface area contributed by atoms with Crippen LogP contribution in [0, 0.1) is 5.82 Å². The van der Waals surface area contributed by atoms with Crippen molar-refractivity contribution in [3.8, 4) is 0 Å². The molecule has 4 N–H and O–H groups in total. The van der Waals surface area contributed by atoms with Crippen molar-refractivity contribution < 1.29 is 4.39 Å². The molecule has 0 aliphatic heterocycles. The molecule has 1 saturated carbocycles. The topological polar surface area (TPSA) is 62.4 Å². The molecule has 6 heteroatoms. The Morgan fingerprint density at radius 3 is 2.74 bits per heavy atom. The second kappa shape index (κ2) is 6.86. The fourth-order valence-electron chi connectivity index (χ4n) is 2.22. The number of nitrogens with two attached hydrogens (primary N) is 1. The Morgan fingerprint density at radius 1 is 1.32 bits per heavy atom. The van der Waals surface area contributed by atoms with Crippen LogP contribution in [-0.4, -0.2) is 12.0 Å². The zero-order chi connectivity index (χ0) is 13.7. The molecule has 0 saturated heterocycles. The summed E-state index contributed by atoms with van der Waals surface area (Å²) in [4.78, 5) is 4.55. The largest absolute Gasteiger partial charge is 0.324 e. The molecule has 1 aromatic rings. The summed E-state index contributed by atoms with van der Waals surface area (Å²) < 4.78 is 14.0. The maximum Gasteiger partial charge on any atom is 0.210 e. The maximum atomic E-state index is 13.2. The first-order valence-corrected chi connectivity index (χ1v) is 7.25. The Balaban J connectivity index is 2.09. The number of anilines is 1. The summed E-state index contributed by atoms with van der Waals surface area (Å²) in [7, 11) is 0. The molecule has 0 amide bonds.